The maximum absolute atomic E-state index is 14.6. The molecule has 9 rings (SSSR count). The lowest BCUT2D eigenvalue weighted by molar-refractivity contribution is -0.141. The number of esters is 2. The summed E-state index contributed by atoms with van der Waals surface area (Å²) in [6.07, 6.45) is 5.50. The number of carbonyl (C=O) groups excluding carboxylic acids is 6. The standard InChI is InChI=1S/C82H99N11O16/c1-11-59-51(3)64-44-66-53(5)61(23-24-76(97)102-9)79(92-66)63(43-77(98)103-10)80-78(54(6)67(93-80)46-70-60(12-2)52(4)65(91-70)45-69(59)90-64)82(99)86-28-27-85-75(96)49-107-48-74(95)84-26-16-30-105-34-36-106-35-33-104-29-15-25-83-73(94)41-57-19-13-17-55(39-57)21-22-56-18-14-20-58(40-56)89-81-62-42-71(108-37-31-100-7)72(109-38-32-101-8)47-68(62)87-50-88-81/h11,13-14,17-20,39-40,42,44-47,50,53,61,90-91H,1,12,15-16,23-38,41,43,48-49H2,2-10H3,(H,83,94)(H,84,95)(H,85,96)(H,86,99)(H,87,88,89)/t53-,61-/m0/s1. The Kier molecular flexibility index (Phi) is 31.7. The first kappa shape index (κ1) is 82.2. The SMILES string of the molecule is C=Cc1c(C)c2cc3nc(c(CC(=O)OC)c4nc(cc5[nH]c(cc1[nH]2)c(C)c5CC)C(C)=C4C(=O)NCCNC(=O)COCC(=O)NCCCOCCOCCOCCCNC(=O)Cc1cccc(C#Cc2cccc(Nc4ncnc5cc(OCCOC)c(OCCOC)cc45)c2)c1)[C@@H](CCC(=O)OC)[C@@H]3C. The highest BCUT2D eigenvalue weighted by atomic mass is 16.6. The van der Waals surface area contributed by atoms with E-state index in [-0.39, 0.29) is 62.1 Å². The van der Waals surface area contributed by atoms with Gasteiger partial charge in [-0.15, -0.1) is 0 Å². The van der Waals surface area contributed by atoms with Crippen molar-refractivity contribution in [2.24, 2.45) is 0 Å². The Hall–Kier alpha value is -10.9. The highest BCUT2D eigenvalue weighted by Gasteiger charge is 2.36. The molecule has 0 saturated heterocycles. The number of rotatable bonds is 41. The van der Waals surface area contributed by atoms with E-state index in [1.165, 1.54) is 20.5 Å². The van der Waals surface area contributed by atoms with Crippen LogP contribution in [0.5, 0.6) is 11.5 Å². The van der Waals surface area contributed by atoms with Gasteiger partial charge in [0.15, 0.2) is 11.5 Å². The van der Waals surface area contributed by atoms with Gasteiger partial charge in [-0.2, -0.15) is 0 Å². The van der Waals surface area contributed by atoms with Gasteiger partial charge in [-0.3, -0.25) is 33.8 Å². The van der Waals surface area contributed by atoms with E-state index in [4.69, 9.17) is 57.3 Å². The molecule has 3 aromatic carbocycles. The molecule has 109 heavy (non-hydrogen) atoms. The van der Waals surface area contributed by atoms with Crippen molar-refractivity contribution in [3.8, 4) is 23.3 Å². The lowest BCUT2D eigenvalue weighted by Crippen LogP contribution is -2.37. The predicted molar refractivity (Wildman–Crippen MR) is 415 cm³/mol. The van der Waals surface area contributed by atoms with E-state index in [9.17, 15) is 28.8 Å². The summed E-state index contributed by atoms with van der Waals surface area (Å²) < 4.78 is 54.9. The molecule has 4 amide bonds. The fraction of sp³-hybridized carbons (Fsp3) is 0.415. The van der Waals surface area contributed by atoms with Gasteiger partial charge in [0.25, 0.3) is 5.91 Å². The molecule has 2 aliphatic heterocycles. The molecule has 0 fully saturated rings. The largest absolute Gasteiger partial charge is 0.487 e. The van der Waals surface area contributed by atoms with Crippen LogP contribution in [0.1, 0.15) is 126 Å². The number of aryl methyl sites for hydroxylation is 3. The summed E-state index contributed by atoms with van der Waals surface area (Å²) in [6.45, 7) is 18.0. The molecule has 27 heteroatoms. The number of amides is 4. The average Bonchev–Trinajstić information content (AvgIpc) is 1.60. The van der Waals surface area contributed by atoms with Crippen LogP contribution < -0.4 is 36.1 Å². The van der Waals surface area contributed by atoms with Crippen molar-refractivity contribution in [2.45, 2.75) is 91.4 Å². The van der Waals surface area contributed by atoms with E-state index in [0.717, 1.165) is 72.1 Å². The van der Waals surface area contributed by atoms with Gasteiger partial charge < -0.3 is 83.9 Å². The Labute approximate surface area is 634 Å². The zero-order valence-corrected chi connectivity index (χ0v) is 63.6. The molecule has 0 spiro atoms. The van der Waals surface area contributed by atoms with E-state index in [0.29, 0.717) is 156 Å². The topological polar surface area (TPSA) is 338 Å². The first-order valence-electron chi connectivity index (χ1n) is 36.6. The summed E-state index contributed by atoms with van der Waals surface area (Å²) in [6, 6.07) is 24.9. The van der Waals surface area contributed by atoms with Crippen LogP contribution in [0.15, 0.2) is 91.8 Å². The maximum Gasteiger partial charge on any atom is 0.310 e. The Bertz CT molecular complexity index is 4650. The number of methoxy groups -OCH3 is 4. The molecule has 0 radical (unpaired) electrons. The number of hydrogen-bond acceptors (Lipinski definition) is 21. The molecule has 6 heterocycles. The Morgan fingerprint density at radius 2 is 1.22 bits per heavy atom. The molecule has 8 bridgehead atoms. The number of ether oxygens (including phenoxy) is 10. The number of aromatic nitrogens is 6. The summed E-state index contributed by atoms with van der Waals surface area (Å²) in [5.74, 6) is 5.00. The van der Waals surface area contributed by atoms with Crippen molar-refractivity contribution in [1.82, 2.24) is 51.2 Å². The lowest BCUT2D eigenvalue weighted by atomic mass is 9.84. The second-order valence-electron chi connectivity index (χ2n) is 25.9. The van der Waals surface area contributed by atoms with Crippen molar-refractivity contribution >= 4 is 97.3 Å². The van der Waals surface area contributed by atoms with Crippen LogP contribution >= 0.6 is 0 Å². The fourth-order valence-corrected chi connectivity index (χ4v) is 12.7. The molecular weight excluding hydrogens is 1390 g/mol. The van der Waals surface area contributed by atoms with Crippen LogP contribution in [0.4, 0.5) is 11.5 Å². The highest BCUT2D eigenvalue weighted by Crippen LogP contribution is 2.44. The normalized spacial score (nSPS) is 13.1. The zero-order chi connectivity index (χ0) is 77.6. The Balaban J connectivity index is 0.645. The number of nitrogens with zero attached hydrogens (tertiary/aromatic N) is 4. The number of anilines is 2. The van der Waals surface area contributed by atoms with E-state index in [2.05, 4.69) is 84.9 Å². The number of benzene rings is 3. The van der Waals surface area contributed by atoms with Crippen LogP contribution in [0, 0.1) is 25.7 Å². The molecule has 7 N–H and O–H groups in total. The van der Waals surface area contributed by atoms with E-state index < -0.39 is 42.2 Å². The number of hydrogen-bond donors (Lipinski definition) is 7. The van der Waals surface area contributed by atoms with Crippen molar-refractivity contribution in [3.05, 3.63) is 159 Å². The molecule has 0 saturated carbocycles. The van der Waals surface area contributed by atoms with Crippen LogP contribution in [0.2, 0.25) is 0 Å². The number of fused-ring (bicyclic) bond motifs is 9. The Morgan fingerprint density at radius 1 is 0.596 bits per heavy atom. The van der Waals surface area contributed by atoms with Crippen molar-refractivity contribution in [2.75, 3.05) is 139 Å². The Morgan fingerprint density at radius 3 is 1.89 bits per heavy atom. The van der Waals surface area contributed by atoms with E-state index in [1.54, 1.807) is 21.1 Å². The summed E-state index contributed by atoms with van der Waals surface area (Å²) in [4.78, 5) is 106. The van der Waals surface area contributed by atoms with Crippen LogP contribution in [0.3, 0.4) is 0 Å². The molecular formula is C82H99N11O16. The minimum atomic E-state index is -0.579. The summed E-state index contributed by atoms with van der Waals surface area (Å²) in [5.41, 5.74) is 14.3. The minimum Gasteiger partial charge on any atom is -0.487 e. The van der Waals surface area contributed by atoms with E-state index in [1.807, 2.05) is 92.7 Å². The predicted octanol–water partition coefficient (Wildman–Crippen LogP) is 9.31. The van der Waals surface area contributed by atoms with E-state index >= 15 is 0 Å². The molecule has 0 unspecified atom stereocenters. The fourth-order valence-electron chi connectivity index (χ4n) is 12.7. The van der Waals surface area contributed by atoms with Crippen LogP contribution in [0.25, 0.3) is 50.2 Å². The van der Waals surface area contributed by atoms with Crippen molar-refractivity contribution in [3.63, 3.8) is 0 Å². The smallest absolute Gasteiger partial charge is 0.310 e. The second-order valence-corrected chi connectivity index (χ2v) is 25.9. The van der Waals surface area contributed by atoms with Gasteiger partial charge in [-0.1, -0.05) is 56.5 Å². The number of carbonyl (C=O) groups is 6. The highest BCUT2D eigenvalue weighted by molar-refractivity contribution is 6.27. The number of aromatic amines is 2. The van der Waals surface area contributed by atoms with Gasteiger partial charge in [0.05, 0.1) is 94.9 Å². The van der Waals surface area contributed by atoms with Crippen LogP contribution in [-0.4, -0.2) is 199 Å². The monoisotopic (exact) mass is 1490 g/mol. The van der Waals surface area contributed by atoms with Crippen molar-refractivity contribution in [1.29, 1.82) is 0 Å². The lowest BCUT2D eigenvalue weighted by Gasteiger charge is -2.18. The van der Waals surface area contributed by atoms with Gasteiger partial charge in [0, 0.05) is 139 Å². The zero-order valence-electron chi connectivity index (χ0n) is 63.6. The third kappa shape index (κ3) is 23.3. The minimum absolute atomic E-state index is 0.00786. The second kappa shape index (κ2) is 42.0. The summed E-state index contributed by atoms with van der Waals surface area (Å²) >= 11 is 0. The molecule has 7 aromatic rings. The van der Waals surface area contributed by atoms with Crippen molar-refractivity contribution < 1.29 is 76.1 Å². The summed E-state index contributed by atoms with van der Waals surface area (Å²) in [7, 11) is 5.85. The molecule has 2 aliphatic rings. The third-order valence-corrected chi connectivity index (χ3v) is 18.5. The van der Waals surface area contributed by atoms with Crippen LogP contribution in [-0.2, 0) is 85.9 Å². The average molecular weight is 1490 g/mol. The van der Waals surface area contributed by atoms with Gasteiger partial charge >= 0.3 is 11.9 Å². The third-order valence-electron chi connectivity index (χ3n) is 18.5. The first-order valence-corrected chi connectivity index (χ1v) is 36.6. The van der Waals surface area contributed by atoms with Gasteiger partial charge in [-0.05, 0) is 129 Å². The van der Waals surface area contributed by atoms with Gasteiger partial charge in [0.1, 0.15) is 38.6 Å². The van der Waals surface area contributed by atoms with Gasteiger partial charge in [-0.25, -0.2) is 15.0 Å². The first-order chi connectivity index (χ1) is 52.9. The molecule has 27 nitrogen and oxygen atoms in total. The quantitative estimate of drug-likeness (QED) is 0.0107. The maximum atomic E-state index is 14.6. The summed E-state index contributed by atoms with van der Waals surface area (Å²) in [5, 5.41) is 15.5. The number of H-pyrrole nitrogens is 2. The molecule has 578 valence electrons. The number of nitrogens with one attached hydrogen (secondary N) is 7. The number of allylic oxidation sites excluding steroid dienone is 1. The molecule has 4 aromatic heterocycles. The van der Waals surface area contributed by atoms with Gasteiger partial charge in [0.2, 0.25) is 17.7 Å². The molecule has 0 aliphatic carbocycles. The molecule has 2 atom stereocenters.